The van der Waals surface area contributed by atoms with Crippen LogP contribution in [-0.2, 0) is 11.2 Å². The molecule has 0 aliphatic heterocycles. The first-order chi connectivity index (χ1) is 8.60. The zero-order valence-corrected chi connectivity index (χ0v) is 11.6. The Morgan fingerprint density at radius 3 is 2.78 bits per heavy atom. The smallest absolute Gasteiger partial charge is 0.345 e. The molecule has 0 unspecified atom stereocenters. The average molecular weight is 316 g/mol. The number of aryl methyl sites for hydroxylation is 1. The van der Waals surface area contributed by atoms with E-state index >= 15 is 0 Å². The Morgan fingerprint density at radius 1 is 1.50 bits per heavy atom. The fourth-order valence-electron chi connectivity index (χ4n) is 1.54. The van der Waals surface area contributed by atoms with Crippen LogP contribution in [0.5, 0.6) is 0 Å². The monoisotopic (exact) mass is 315 g/mol. The van der Waals surface area contributed by atoms with Gasteiger partial charge in [0.1, 0.15) is 5.56 Å². The minimum Gasteiger partial charge on any atom is -0.462 e. The Kier molecular flexibility index (Phi) is 5.77. The number of benzene rings is 1. The molecule has 1 aromatic carbocycles. The van der Waals surface area contributed by atoms with Gasteiger partial charge in [-0.25, -0.2) is 4.79 Å². The first-order valence-electron chi connectivity index (χ1n) is 5.60. The van der Waals surface area contributed by atoms with Crippen LogP contribution in [0.2, 0.25) is 0 Å². The summed E-state index contributed by atoms with van der Waals surface area (Å²) >= 11 is 3.32. The Morgan fingerprint density at radius 2 is 2.22 bits per heavy atom. The number of hydrogen-bond acceptors (Lipinski definition) is 4. The molecule has 0 aliphatic rings. The lowest BCUT2D eigenvalue weighted by Crippen LogP contribution is -2.08. The predicted octanol–water partition coefficient (Wildman–Crippen LogP) is 3.10. The van der Waals surface area contributed by atoms with Gasteiger partial charge in [-0.3, -0.25) is 10.1 Å². The molecule has 0 saturated heterocycles. The van der Waals surface area contributed by atoms with Crippen molar-refractivity contribution < 1.29 is 14.5 Å². The van der Waals surface area contributed by atoms with Crippen LogP contribution in [-0.4, -0.2) is 22.8 Å². The van der Waals surface area contributed by atoms with Gasteiger partial charge in [0.2, 0.25) is 0 Å². The maximum Gasteiger partial charge on any atom is 0.345 e. The van der Waals surface area contributed by atoms with E-state index in [1.54, 1.807) is 19.1 Å². The number of halogens is 1. The SMILES string of the molecule is CCOC(=O)c1cc(CCCBr)ccc1[N+](=O)[O-]. The Bertz CT molecular complexity index is 448. The Balaban J connectivity index is 3.07. The molecule has 0 aromatic heterocycles. The van der Waals surface area contributed by atoms with Gasteiger partial charge in [0.05, 0.1) is 11.5 Å². The van der Waals surface area contributed by atoms with Crippen molar-refractivity contribution in [2.45, 2.75) is 19.8 Å². The topological polar surface area (TPSA) is 69.4 Å². The molecule has 0 N–H and O–H groups in total. The van der Waals surface area contributed by atoms with Gasteiger partial charge in [-0.15, -0.1) is 0 Å². The molecule has 18 heavy (non-hydrogen) atoms. The molecule has 0 saturated carbocycles. The number of ether oxygens (including phenoxy) is 1. The van der Waals surface area contributed by atoms with Crippen molar-refractivity contribution in [3.05, 3.63) is 39.4 Å². The molecule has 0 fully saturated rings. The van der Waals surface area contributed by atoms with Crippen LogP contribution < -0.4 is 0 Å². The summed E-state index contributed by atoms with van der Waals surface area (Å²) in [5.41, 5.74) is 0.702. The van der Waals surface area contributed by atoms with E-state index in [9.17, 15) is 14.9 Å². The van der Waals surface area contributed by atoms with Gasteiger partial charge in [-0.2, -0.15) is 0 Å². The van der Waals surface area contributed by atoms with Crippen molar-refractivity contribution in [1.82, 2.24) is 0 Å². The fraction of sp³-hybridized carbons (Fsp3) is 0.417. The molecule has 5 nitrogen and oxygen atoms in total. The van der Waals surface area contributed by atoms with Crippen molar-refractivity contribution in [3.63, 3.8) is 0 Å². The van der Waals surface area contributed by atoms with E-state index < -0.39 is 10.9 Å². The quantitative estimate of drug-likeness (QED) is 0.350. The number of nitro benzene ring substituents is 1. The number of esters is 1. The zero-order valence-electron chi connectivity index (χ0n) is 10.0. The maximum atomic E-state index is 11.7. The third-order valence-electron chi connectivity index (χ3n) is 2.35. The molecule has 0 spiro atoms. The Labute approximate surface area is 113 Å². The van der Waals surface area contributed by atoms with Gasteiger partial charge in [-0.05, 0) is 31.4 Å². The molecule has 0 atom stereocenters. The molecule has 98 valence electrons. The van der Waals surface area contributed by atoms with Crippen LogP contribution in [0.3, 0.4) is 0 Å². The van der Waals surface area contributed by atoms with Gasteiger partial charge < -0.3 is 4.74 Å². The molecule has 0 radical (unpaired) electrons. The third-order valence-corrected chi connectivity index (χ3v) is 2.91. The summed E-state index contributed by atoms with van der Waals surface area (Å²) < 4.78 is 4.83. The van der Waals surface area contributed by atoms with Crippen molar-refractivity contribution in [3.8, 4) is 0 Å². The highest BCUT2D eigenvalue weighted by molar-refractivity contribution is 9.09. The maximum absolute atomic E-state index is 11.7. The summed E-state index contributed by atoms with van der Waals surface area (Å²) in [6, 6.07) is 4.57. The molecule has 0 amide bonds. The molecular weight excluding hydrogens is 302 g/mol. The van der Waals surface area contributed by atoms with E-state index in [4.69, 9.17) is 4.74 Å². The summed E-state index contributed by atoms with van der Waals surface area (Å²) in [5, 5.41) is 11.7. The third kappa shape index (κ3) is 3.80. The van der Waals surface area contributed by atoms with Crippen molar-refractivity contribution in [2.24, 2.45) is 0 Å². The van der Waals surface area contributed by atoms with Gasteiger partial charge in [0, 0.05) is 11.4 Å². The molecule has 0 aliphatic carbocycles. The number of alkyl halides is 1. The van der Waals surface area contributed by atoms with E-state index in [1.165, 1.54) is 6.07 Å². The summed E-state index contributed by atoms with van der Waals surface area (Å²) in [7, 11) is 0. The molecule has 0 bridgehead atoms. The van der Waals surface area contributed by atoms with Crippen LogP contribution in [0.1, 0.15) is 29.3 Å². The van der Waals surface area contributed by atoms with E-state index in [0.29, 0.717) is 0 Å². The normalized spacial score (nSPS) is 10.1. The summed E-state index contributed by atoms with van der Waals surface area (Å²) in [4.78, 5) is 21.9. The van der Waals surface area contributed by atoms with Gasteiger partial charge in [0.25, 0.3) is 5.69 Å². The number of hydrogen-bond donors (Lipinski definition) is 0. The first kappa shape index (κ1) is 14.6. The van der Waals surface area contributed by atoms with Crippen LogP contribution in [0, 0.1) is 10.1 Å². The summed E-state index contributed by atoms with van der Waals surface area (Å²) in [5.74, 6) is -0.648. The standard InChI is InChI=1S/C12H14BrNO4/c1-2-18-12(15)10-8-9(4-3-7-13)5-6-11(10)14(16)17/h5-6,8H,2-4,7H2,1H3. The highest BCUT2D eigenvalue weighted by Crippen LogP contribution is 2.22. The molecule has 1 aromatic rings. The van der Waals surface area contributed by atoms with Crippen molar-refractivity contribution in [2.75, 3.05) is 11.9 Å². The summed E-state index contributed by atoms with van der Waals surface area (Å²) in [6.07, 6.45) is 1.66. The minimum absolute atomic E-state index is 0.0222. The van der Waals surface area contributed by atoms with Crippen LogP contribution in [0.25, 0.3) is 0 Å². The second kappa shape index (κ2) is 7.10. The molecule has 0 heterocycles. The van der Waals surface area contributed by atoms with Gasteiger partial charge >= 0.3 is 5.97 Å². The Hall–Kier alpha value is -1.43. The van der Waals surface area contributed by atoms with Crippen molar-refractivity contribution in [1.29, 1.82) is 0 Å². The lowest BCUT2D eigenvalue weighted by atomic mass is 10.1. The van der Waals surface area contributed by atoms with E-state index in [2.05, 4.69) is 15.9 Å². The lowest BCUT2D eigenvalue weighted by molar-refractivity contribution is -0.385. The highest BCUT2D eigenvalue weighted by Gasteiger charge is 2.21. The first-order valence-corrected chi connectivity index (χ1v) is 6.72. The van der Waals surface area contributed by atoms with Gasteiger partial charge in [-0.1, -0.05) is 22.0 Å². The van der Waals surface area contributed by atoms with E-state index in [1.807, 2.05) is 0 Å². The largest absolute Gasteiger partial charge is 0.462 e. The van der Waals surface area contributed by atoms with Crippen LogP contribution in [0.15, 0.2) is 18.2 Å². The number of rotatable bonds is 6. The van der Waals surface area contributed by atoms with Gasteiger partial charge in [0.15, 0.2) is 0 Å². The second-order valence-corrected chi connectivity index (χ2v) is 4.41. The number of carbonyl (C=O) groups is 1. The van der Waals surface area contributed by atoms with E-state index in [-0.39, 0.29) is 17.9 Å². The predicted molar refractivity (Wildman–Crippen MR) is 71.2 cm³/mol. The average Bonchev–Trinajstić information content (AvgIpc) is 2.36. The number of nitro groups is 1. The minimum atomic E-state index is -0.648. The van der Waals surface area contributed by atoms with Crippen molar-refractivity contribution >= 4 is 27.6 Å². The molecular formula is C12H14BrNO4. The van der Waals surface area contributed by atoms with Crippen LogP contribution >= 0.6 is 15.9 Å². The van der Waals surface area contributed by atoms with E-state index in [0.717, 1.165) is 23.7 Å². The van der Waals surface area contributed by atoms with Crippen LogP contribution in [0.4, 0.5) is 5.69 Å². The lowest BCUT2D eigenvalue weighted by Gasteiger charge is -2.05. The number of carbonyl (C=O) groups excluding carboxylic acids is 1. The second-order valence-electron chi connectivity index (χ2n) is 3.62. The highest BCUT2D eigenvalue weighted by atomic mass is 79.9. The number of nitrogens with zero attached hydrogens (tertiary/aromatic N) is 1. The molecule has 6 heteroatoms. The zero-order chi connectivity index (χ0) is 13.5. The molecule has 1 rings (SSSR count). The fourth-order valence-corrected chi connectivity index (χ4v) is 1.82. The summed E-state index contributed by atoms with van der Waals surface area (Å²) in [6.45, 7) is 1.86.